The van der Waals surface area contributed by atoms with Crippen LogP contribution in [0.3, 0.4) is 0 Å². The second kappa shape index (κ2) is 1.96. The van der Waals surface area contributed by atoms with Crippen molar-refractivity contribution in [2.45, 2.75) is 31.8 Å². The Kier molecular flexibility index (Phi) is 1.53. The molecule has 0 amide bonds. The van der Waals surface area contributed by atoms with E-state index in [0.717, 1.165) is 13.0 Å². The van der Waals surface area contributed by atoms with Crippen LogP contribution in [0.5, 0.6) is 0 Å². The van der Waals surface area contributed by atoms with Crippen molar-refractivity contribution in [2.24, 2.45) is 5.73 Å². The summed E-state index contributed by atoms with van der Waals surface area (Å²) in [5, 5.41) is 0. The average molecular weight is 128 g/mol. The summed E-state index contributed by atoms with van der Waals surface area (Å²) in [6.45, 7) is 5.52. The van der Waals surface area contributed by atoms with Crippen LogP contribution in [-0.4, -0.2) is 30.1 Å². The number of likely N-dealkylation sites (tertiary alicyclic amines) is 1. The van der Waals surface area contributed by atoms with E-state index in [0.29, 0.717) is 11.6 Å². The van der Waals surface area contributed by atoms with E-state index in [1.165, 1.54) is 0 Å². The van der Waals surface area contributed by atoms with Crippen LogP contribution < -0.4 is 5.73 Å². The minimum Gasteiger partial charge on any atom is -0.326 e. The molecule has 54 valence electrons. The lowest BCUT2D eigenvalue weighted by Gasteiger charge is -2.26. The van der Waals surface area contributed by atoms with Gasteiger partial charge in [0.15, 0.2) is 0 Å². The van der Waals surface area contributed by atoms with Crippen LogP contribution in [0, 0.1) is 0 Å². The lowest BCUT2D eigenvalue weighted by atomic mass is 10.0. The summed E-state index contributed by atoms with van der Waals surface area (Å²) >= 11 is 0. The fourth-order valence-corrected chi connectivity index (χ4v) is 1.46. The molecule has 1 atom stereocenters. The Hall–Kier alpha value is -0.0800. The molecule has 0 aromatic heterocycles. The summed E-state index contributed by atoms with van der Waals surface area (Å²) in [7, 11) is 2.13. The fourth-order valence-electron chi connectivity index (χ4n) is 1.46. The molecule has 2 nitrogen and oxygen atoms in total. The third-order valence-electron chi connectivity index (χ3n) is 2.30. The van der Waals surface area contributed by atoms with Gasteiger partial charge in [0.05, 0.1) is 0 Å². The summed E-state index contributed by atoms with van der Waals surface area (Å²) in [5.41, 5.74) is 6.09. The van der Waals surface area contributed by atoms with Crippen LogP contribution in [0.25, 0.3) is 0 Å². The second-order valence-corrected chi connectivity index (χ2v) is 3.66. The van der Waals surface area contributed by atoms with Gasteiger partial charge in [-0.05, 0) is 27.3 Å². The van der Waals surface area contributed by atoms with Gasteiger partial charge >= 0.3 is 0 Å². The highest BCUT2D eigenvalue weighted by Gasteiger charge is 2.33. The maximum atomic E-state index is 5.76. The molecule has 0 aromatic rings. The van der Waals surface area contributed by atoms with E-state index < -0.39 is 0 Å². The smallest absolute Gasteiger partial charge is 0.0185 e. The summed E-state index contributed by atoms with van der Waals surface area (Å²) in [6.07, 6.45) is 1.13. The largest absolute Gasteiger partial charge is 0.326 e. The van der Waals surface area contributed by atoms with Gasteiger partial charge in [-0.1, -0.05) is 0 Å². The number of hydrogen-bond acceptors (Lipinski definition) is 2. The molecular formula is C7H16N2. The van der Waals surface area contributed by atoms with Crippen molar-refractivity contribution in [1.29, 1.82) is 0 Å². The molecule has 0 radical (unpaired) electrons. The van der Waals surface area contributed by atoms with Gasteiger partial charge in [0, 0.05) is 18.1 Å². The molecule has 0 aliphatic carbocycles. The van der Waals surface area contributed by atoms with Crippen LogP contribution >= 0.6 is 0 Å². The quantitative estimate of drug-likeness (QED) is 0.512. The lowest BCUT2D eigenvalue weighted by Crippen LogP contribution is -2.34. The van der Waals surface area contributed by atoms with Crippen molar-refractivity contribution in [3.05, 3.63) is 0 Å². The molecule has 2 heteroatoms. The maximum Gasteiger partial charge on any atom is 0.0185 e. The SMILES string of the molecule is CN1CC(N)CC1(C)C. The third-order valence-corrected chi connectivity index (χ3v) is 2.30. The molecule has 1 fully saturated rings. The first-order valence-corrected chi connectivity index (χ1v) is 3.49. The highest BCUT2D eigenvalue weighted by atomic mass is 15.2. The number of nitrogens with zero attached hydrogens (tertiary/aromatic N) is 1. The minimum atomic E-state index is 0.333. The number of likely N-dealkylation sites (N-methyl/N-ethyl adjacent to an activating group) is 1. The van der Waals surface area contributed by atoms with Crippen molar-refractivity contribution in [1.82, 2.24) is 4.90 Å². The van der Waals surface area contributed by atoms with E-state index in [1.807, 2.05) is 0 Å². The van der Waals surface area contributed by atoms with Gasteiger partial charge in [0.25, 0.3) is 0 Å². The Labute approximate surface area is 57.0 Å². The predicted molar refractivity (Wildman–Crippen MR) is 39.3 cm³/mol. The van der Waals surface area contributed by atoms with Crippen molar-refractivity contribution in [3.63, 3.8) is 0 Å². The van der Waals surface area contributed by atoms with E-state index in [1.54, 1.807) is 0 Å². The molecule has 1 heterocycles. The summed E-state index contributed by atoms with van der Waals surface area (Å²) < 4.78 is 0. The van der Waals surface area contributed by atoms with E-state index in [4.69, 9.17) is 5.73 Å². The topological polar surface area (TPSA) is 29.3 Å². The molecular weight excluding hydrogens is 112 g/mol. The zero-order valence-electron chi connectivity index (χ0n) is 6.52. The first-order valence-electron chi connectivity index (χ1n) is 3.49. The molecule has 1 unspecified atom stereocenters. The van der Waals surface area contributed by atoms with E-state index in [9.17, 15) is 0 Å². The third kappa shape index (κ3) is 1.25. The number of rotatable bonds is 0. The molecule has 1 rings (SSSR count). The van der Waals surface area contributed by atoms with Crippen LogP contribution in [0.2, 0.25) is 0 Å². The minimum absolute atomic E-state index is 0.333. The number of hydrogen-bond donors (Lipinski definition) is 1. The van der Waals surface area contributed by atoms with Gasteiger partial charge in [-0.25, -0.2) is 0 Å². The van der Waals surface area contributed by atoms with Crippen molar-refractivity contribution in [3.8, 4) is 0 Å². The normalized spacial score (nSPS) is 35.3. The average Bonchev–Trinajstić information content (AvgIpc) is 1.79. The van der Waals surface area contributed by atoms with E-state index in [-0.39, 0.29) is 0 Å². The van der Waals surface area contributed by atoms with Crippen LogP contribution in [0.1, 0.15) is 20.3 Å². The maximum absolute atomic E-state index is 5.76. The first-order chi connectivity index (χ1) is 4.02. The second-order valence-electron chi connectivity index (χ2n) is 3.66. The first kappa shape index (κ1) is 7.03. The molecule has 9 heavy (non-hydrogen) atoms. The van der Waals surface area contributed by atoms with Gasteiger partial charge in [-0.2, -0.15) is 0 Å². The highest BCUT2D eigenvalue weighted by Crippen LogP contribution is 2.24. The van der Waals surface area contributed by atoms with Crippen LogP contribution in [0.4, 0.5) is 0 Å². The zero-order chi connectivity index (χ0) is 7.07. The Bertz CT molecular complexity index is 109. The molecule has 1 aliphatic rings. The van der Waals surface area contributed by atoms with Crippen LogP contribution in [0.15, 0.2) is 0 Å². The van der Waals surface area contributed by atoms with Crippen molar-refractivity contribution in [2.75, 3.05) is 13.6 Å². The lowest BCUT2D eigenvalue weighted by molar-refractivity contribution is 0.218. The summed E-state index contributed by atoms with van der Waals surface area (Å²) in [5.74, 6) is 0. The summed E-state index contributed by atoms with van der Waals surface area (Å²) in [6, 6.07) is 0.394. The van der Waals surface area contributed by atoms with Gasteiger partial charge in [-0.3, -0.25) is 4.90 Å². The molecule has 0 saturated carbocycles. The Morgan fingerprint density at radius 1 is 1.56 bits per heavy atom. The molecule has 1 aliphatic heterocycles. The van der Waals surface area contributed by atoms with Crippen LogP contribution in [-0.2, 0) is 0 Å². The standard InChI is InChI=1S/C7H16N2/c1-7(2)4-6(8)5-9(7)3/h6H,4-5,8H2,1-3H3. The molecule has 1 saturated heterocycles. The van der Waals surface area contributed by atoms with Crippen molar-refractivity contribution < 1.29 is 0 Å². The molecule has 2 N–H and O–H groups in total. The Morgan fingerprint density at radius 2 is 2.11 bits per heavy atom. The molecule has 0 bridgehead atoms. The Balaban J connectivity index is 2.58. The van der Waals surface area contributed by atoms with Gasteiger partial charge in [0.1, 0.15) is 0 Å². The molecule has 0 aromatic carbocycles. The van der Waals surface area contributed by atoms with E-state index in [2.05, 4.69) is 25.8 Å². The van der Waals surface area contributed by atoms with Gasteiger partial charge in [0.2, 0.25) is 0 Å². The summed E-state index contributed by atoms with van der Waals surface area (Å²) in [4.78, 5) is 2.32. The van der Waals surface area contributed by atoms with Gasteiger partial charge in [-0.15, -0.1) is 0 Å². The van der Waals surface area contributed by atoms with Crippen molar-refractivity contribution >= 4 is 0 Å². The number of nitrogens with two attached hydrogens (primary N) is 1. The highest BCUT2D eigenvalue weighted by molar-refractivity contribution is 4.92. The zero-order valence-corrected chi connectivity index (χ0v) is 6.52. The van der Waals surface area contributed by atoms with E-state index >= 15 is 0 Å². The predicted octanol–water partition coefficient (Wildman–Crippen LogP) is 0.428. The monoisotopic (exact) mass is 128 g/mol. The molecule has 0 spiro atoms. The fraction of sp³-hybridized carbons (Fsp3) is 1.00. The van der Waals surface area contributed by atoms with Gasteiger partial charge < -0.3 is 5.73 Å². The Morgan fingerprint density at radius 3 is 2.22 bits per heavy atom.